The zero-order valence-corrected chi connectivity index (χ0v) is 28.6. The van der Waals surface area contributed by atoms with Crippen molar-refractivity contribution in [2.45, 2.75) is 0 Å². The number of nitrogens with zero attached hydrogens (tertiary/aromatic N) is 4. The van der Waals surface area contributed by atoms with Gasteiger partial charge in [0.25, 0.3) is 0 Å². The second kappa shape index (κ2) is 11.7. The van der Waals surface area contributed by atoms with Crippen LogP contribution in [0.1, 0.15) is 0 Å². The topological polar surface area (TPSA) is 43.6 Å². The number of benzene rings is 9. The van der Waals surface area contributed by atoms with E-state index in [1.165, 1.54) is 54.1 Å². The molecule has 246 valence electrons. The van der Waals surface area contributed by atoms with Crippen molar-refractivity contribution >= 4 is 54.1 Å². The molecule has 2 heterocycles. The van der Waals surface area contributed by atoms with Crippen LogP contribution in [0.5, 0.6) is 0 Å². The number of hydrogen-bond donors (Lipinski definition) is 0. The van der Waals surface area contributed by atoms with Gasteiger partial charge in [-0.3, -0.25) is 0 Å². The van der Waals surface area contributed by atoms with Gasteiger partial charge >= 0.3 is 0 Å². The van der Waals surface area contributed by atoms with Gasteiger partial charge in [0, 0.05) is 38.5 Å². The van der Waals surface area contributed by atoms with Crippen LogP contribution in [0.15, 0.2) is 182 Å². The molecule has 0 amide bonds. The SMILES string of the molecule is c1ccc(-c2cccc(-c3nc(-c4ccccc4)nc(-c4cccc(-n5c6cccc7c8ccccc8c8c9ccccc9cc5c8c76)c4)n3)c2)cc1. The van der Waals surface area contributed by atoms with Crippen LogP contribution in [0.25, 0.3) is 105 Å². The minimum atomic E-state index is 0.630. The molecule has 0 saturated carbocycles. The fourth-order valence-corrected chi connectivity index (χ4v) is 8.20. The standard InChI is InChI=1S/C49H30N4/c1-3-14-31(15-4-1)33-19-11-20-35(28-33)48-50-47(32-16-5-2-6-17-32)51-49(52-48)36-21-12-22-37(29-36)53-42-27-13-26-41-39-24-9-10-25-40(39)44-38-23-8-7-18-34(38)30-43(53)46(44)45(41)42/h1-30H. The Balaban J connectivity index is 1.15. The fraction of sp³-hybridized carbons (Fsp3) is 0. The van der Waals surface area contributed by atoms with E-state index in [4.69, 9.17) is 15.0 Å². The Hall–Kier alpha value is -7.17. The third-order valence-electron chi connectivity index (χ3n) is 10.5. The van der Waals surface area contributed by atoms with Crippen LogP contribution in [0, 0.1) is 0 Å². The van der Waals surface area contributed by atoms with E-state index in [1.54, 1.807) is 0 Å². The second-order valence-corrected chi connectivity index (χ2v) is 13.6. The monoisotopic (exact) mass is 674 g/mol. The van der Waals surface area contributed by atoms with Gasteiger partial charge in [-0.05, 0) is 68.4 Å². The van der Waals surface area contributed by atoms with Gasteiger partial charge in [0.05, 0.1) is 11.0 Å². The molecule has 0 radical (unpaired) electrons. The summed E-state index contributed by atoms with van der Waals surface area (Å²) in [5, 5.41) is 10.2. The van der Waals surface area contributed by atoms with E-state index >= 15 is 0 Å². The molecule has 0 aliphatic rings. The molecule has 0 bridgehead atoms. The number of rotatable bonds is 5. The molecule has 0 unspecified atom stereocenters. The van der Waals surface area contributed by atoms with Crippen molar-refractivity contribution in [3.8, 4) is 51.0 Å². The third-order valence-corrected chi connectivity index (χ3v) is 10.5. The molecule has 0 fully saturated rings. The Morgan fingerprint density at radius 3 is 1.60 bits per heavy atom. The molecule has 0 atom stereocenters. The highest BCUT2D eigenvalue weighted by molar-refractivity contribution is 6.39. The first kappa shape index (κ1) is 29.5. The number of hydrogen-bond acceptors (Lipinski definition) is 3. The molecule has 53 heavy (non-hydrogen) atoms. The molecule has 4 heteroatoms. The molecule has 9 aromatic carbocycles. The summed E-state index contributed by atoms with van der Waals surface area (Å²) >= 11 is 0. The smallest absolute Gasteiger partial charge is 0.164 e. The molecule has 11 aromatic rings. The van der Waals surface area contributed by atoms with Gasteiger partial charge in [0.1, 0.15) is 0 Å². The van der Waals surface area contributed by atoms with Gasteiger partial charge in [0.2, 0.25) is 0 Å². The first-order valence-corrected chi connectivity index (χ1v) is 18.0. The van der Waals surface area contributed by atoms with Crippen molar-refractivity contribution in [1.82, 2.24) is 19.5 Å². The van der Waals surface area contributed by atoms with E-state index in [2.05, 4.69) is 162 Å². The Kier molecular flexibility index (Phi) is 6.52. The lowest BCUT2D eigenvalue weighted by atomic mass is 9.91. The highest BCUT2D eigenvalue weighted by Crippen LogP contribution is 2.46. The van der Waals surface area contributed by atoms with Crippen LogP contribution in [-0.2, 0) is 0 Å². The molecule has 0 spiro atoms. The van der Waals surface area contributed by atoms with E-state index in [0.717, 1.165) is 33.5 Å². The molecule has 11 rings (SSSR count). The summed E-state index contributed by atoms with van der Waals surface area (Å²) in [7, 11) is 0. The summed E-state index contributed by atoms with van der Waals surface area (Å²) in [5.41, 5.74) is 8.50. The summed E-state index contributed by atoms with van der Waals surface area (Å²) in [5.74, 6) is 1.91. The van der Waals surface area contributed by atoms with Gasteiger partial charge < -0.3 is 4.57 Å². The highest BCUT2D eigenvalue weighted by Gasteiger charge is 2.22. The first-order chi connectivity index (χ1) is 26.3. The van der Waals surface area contributed by atoms with Crippen molar-refractivity contribution in [3.63, 3.8) is 0 Å². The van der Waals surface area contributed by atoms with Gasteiger partial charge in [0.15, 0.2) is 17.5 Å². The Labute approximate surface area is 305 Å². The Morgan fingerprint density at radius 2 is 0.830 bits per heavy atom. The predicted molar refractivity (Wildman–Crippen MR) is 220 cm³/mol. The van der Waals surface area contributed by atoms with Crippen LogP contribution >= 0.6 is 0 Å². The van der Waals surface area contributed by atoms with Crippen LogP contribution < -0.4 is 0 Å². The number of aromatic nitrogens is 4. The molecule has 0 saturated heterocycles. The first-order valence-electron chi connectivity index (χ1n) is 18.0. The van der Waals surface area contributed by atoms with Crippen LogP contribution in [0.4, 0.5) is 0 Å². The summed E-state index contributed by atoms with van der Waals surface area (Å²) in [6.07, 6.45) is 0. The van der Waals surface area contributed by atoms with Crippen molar-refractivity contribution in [2.75, 3.05) is 0 Å². The summed E-state index contributed by atoms with van der Waals surface area (Å²) < 4.78 is 2.42. The fourth-order valence-electron chi connectivity index (χ4n) is 8.20. The van der Waals surface area contributed by atoms with Crippen molar-refractivity contribution in [2.24, 2.45) is 0 Å². The minimum absolute atomic E-state index is 0.630. The zero-order valence-electron chi connectivity index (χ0n) is 28.6. The lowest BCUT2D eigenvalue weighted by Gasteiger charge is -2.12. The average Bonchev–Trinajstić information content (AvgIpc) is 3.57. The van der Waals surface area contributed by atoms with Gasteiger partial charge in [-0.25, -0.2) is 15.0 Å². The Morgan fingerprint density at radius 1 is 0.302 bits per heavy atom. The molecule has 2 aromatic heterocycles. The molecule has 0 N–H and O–H groups in total. The normalized spacial score (nSPS) is 11.8. The molecule has 0 aliphatic carbocycles. The summed E-state index contributed by atoms with van der Waals surface area (Å²) in [4.78, 5) is 15.3. The van der Waals surface area contributed by atoms with Crippen LogP contribution in [-0.4, -0.2) is 19.5 Å². The highest BCUT2D eigenvalue weighted by atomic mass is 15.0. The lowest BCUT2D eigenvalue weighted by molar-refractivity contribution is 1.07. The average molecular weight is 675 g/mol. The van der Waals surface area contributed by atoms with E-state index in [1.807, 2.05) is 24.3 Å². The van der Waals surface area contributed by atoms with Crippen LogP contribution in [0.3, 0.4) is 0 Å². The van der Waals surface area contributed by atoms with Gasteiger partial charge in [-0.1, -0.05) is 152 Å². The quantitative estimate of drug-likeness (QED) is 0.171. The van der Waals surface area contributed by atoms with Gasteiger partial charge in [-0.2, -0.15) is 0 Å². The van der Waals surface area contributed by atoms with Crippen molar-refractivity contribution in [3.05, 3.63) is 182 Å². The van der Waals surface area contributed by atoms with E-state index < -0.39 is 0 Å². The lowest BCUT2D eigenvalue weighted by Crippen LogP contribution is -2.01. The maximum atomic E-state index is 5.16. The predicted octanol–water partition coefficient (Wildman–Crippen LogP) is 12.5. The maximum Gasteiger partial charge on any atom is 0.164 e. The van der Waals surface area contributed by atoms with E-state index in [0.29, 0.717) is 17.5 Å². The summed E-state index contributed by atoms with van der Waals surface area (Å²) in [6, 6.07) is 64.3. The van der Waals surface area contributed by atoms with E-state index in [-0.39, 0.29) is 0 Å². The maximum absolute atomic E-state index is 5.16. The second-order valence-electron chi connectivity index (χ2n) is 13.6. The van der Waals surface area contributed by atoms with Crippen molar-refractivity contribution < 1.29 is 0 Å². The van der Waals surface area contributed by atoms with Crippen molar-refractivity contribution in [1.29, 1.82) is 0 Å². The zero-order chi connectivity index (χ0) is 34.9. The van der Waals surface area contributed by atoms with E-state index in [9.17, 15) is 0 Å². The molecule has 0 aliphatic heterocycles. The van der Waals surface area contributed by atoms with Gasteiger partial charge in [-0.15, -0.1) is 0 Å². The largest absolute Gasteiger partial charge is 0.309 e. The molecular formula is C49H30N4. The minimum Gasteiger partial charge on any atom is -0.309 e. The third kappa shape index (κ3) is 4.66. The Bertz CT molecular complexity index is 3160. The molecule has 4 nitrogen and oxygen atoms in total. The summed E-state index contributed by atoms with van der Waals surface area (Å²) in [6.45, 7) is 0. The number of fused-ring (bicyclic) bond motifs is 5. The molecular weight excluding hydrogens is 645 g/mol. The van der Waals surface area contributed by atoms with Crippen LogP contribution in [0.2, 0.25) is 0 Å².